The number of nitrogens with zero attached hydrogens (tertiary/aromatic N) is 1. The molecule has 0 aliphatic carbocycles. The summed E-state index contributed by atoms with van der Waals surface area (Å²) in [6.45, 7) is 8.00. The van der Waals surface area contributed by atoms with Crippen molar-refractivity contribution in [3.8, 4) is 0 Å². The van der Waals surface area contributed by atoms with Gasteiger partial charge in [-0.25, -0.2) is 0 Å². The van der Waals surface area contributed by atoms with Crippen LogP contribution < -0.4 is 5.73 Å². The van der Waals surface area contributed by atoms with Crippen LogP contribution in [0.3, 0.4) is 0 Å². The highest BCUT2D eigenvalue weighted by molar-refractivity contribution is 6.52. The van der Waals surface area contributed by atoms with Crippen LogP contribution in [0.2, 0.25) is 0 Å². The molecule has 2 rings (SSSR count). The second-order valence-electron chi connectivity index (χ2n) is 5.82. The van der Waals surface area contributed by atoms with Crippen molar-refractivity contribution in [2.75, 3.05) is 0 Å². The van der Waals surface area contributed by atoms with Crippen molar-refractivity contribution in [2.45, 2.75) is 38.9 Å². The molecule has 1 aliphatic rings. The van der Waals surface area contributed by atoms with Gasteiger partial charge in [-0.2, -0.15) is 0 Å². The number of carbonyl (C=O) groups is 1. The van der Waals surface area contributed by atoms with E-state index in [9.17, 15) is 4.79 Å². The zero-order chi connectivity index (χ0) is 15.0. The molecule has 6 heteroatoms. The van der Waals surface area contributed by atoms with Crippen LogP contribution in [0.1, 0.15) is 43.7 Å². The van der Waals surface area contributed by atoms with E-state index in [-0.39, 0.29) is 11.2 Å². The normalized spacial score (nSPS) is 20.5. The van der Waals surface area contributed by atoms with E-state index < -0.39 is 13.0 Å². The van der Waals surface area contributed by atoms with E-state index in [0.717, 1.165) is 0 Å². The lowest BCUT2D eigenvalue weighted by molar-refractivity contribution is 0.00578. The molecule has 1 aliphatic heterocycles. The van der Waals surface area contributed by atoms with Gasteiger partial charge in [0.05, 0.1) is 22.5 Å². The Kier molecular flexibility index (Phi) is 3.71. The van der Waals surface area contributed by atoms with Gasteiger partial charge in [0, 0.05) is 6.20 Å². The Labute approximate surface area is 119 Å². The Balaban J connectivity index is 2.06. The Bertz CT molecular complexity index is 522. The summed E-state index contributed by atoms with van der Waals surface area (Å²) in [5.41, 5.74) is 5.55. The molecule has 5 nitrogen and oxygen atoms in total. The van der Waals surface area contributed by atoms with Crippen molar-refractivity contribution in [3.63, 3.8) is 0 Å². The highest BCUT2D eigenvalue weighted by Crippen LogP contribution is 2.36. The van der Waals surface area contributed by atoms with Gasteiger partial charge in [-0.05, 0) is 45.9 Å². The summed E-state index contributed by atoms with van der Waals surface area (Å²) in [7, 11) is -0.405. The van der Waals surface area contributed by atoms with Crippen molar-refractivity contribution in [2.24, 2.45) is 5.73 Å². The Morgan fingerprint density at radius 1 is 1.25 bits per heavy atom. The molecule has 1 saturated heterocycles. The van der Waals surface area contributed by atoms with E-state index >= 15 is 0 Å². The fraction of sp³-hybridized carbons (Fsp3) is 0.429. The number of rotatable bonds is 3. The predicted octanol–water partition coefficient (Wildman–Crippen LogP) is 1.83. The molecule has 0 bridgehead atoms. The number of primary amides is 1. The second kappa shape index (κ2) is 5.03. The quantitative estimate of drug-likeness (QED) is 0.853. The Hall–Kier alpha value is -1.66. The summed E-state index contributed by atoms with van der Waals surface area (Å²) in [4.78, 5) is 15.1. The van der Waals surface area contributed by atoms with Crippen LogP contribution in [0.15, 0.2) is 24.3 Å². The SMILES string of the molecule is CC1(C)OB(/C=C/c2ccc(C(N)=O)cn2)OC1(C)C. The number of pyridine rings is 1. The molecule has 0 radical (unpaired) electrons. The molecule has 0 aromatic carbocycles. The molecule has 0 unspecified atom stereocenters. The summed E-state index contributed by atoms with van der Waals surface area (Å²) >= 11 is 0. The minimum absolute atomic E-state index is 0.356. The summed E-state index contributed by atoms with van der Waals surface area (Å²) in [5.74, 6) is 1.32. The fourth-order valence-corrected chi connectivity index (χ4v) is 1.79. The van der Waals surface area contributed by atoms with E-state index in [1.54, 1.807) is 18.2 Å². The summed E-state index contributed by atoms with van der Waals surface area (Å²) in [5, 5.41) is 0. The molecule has 1 aromatic rings. The molecule has 2 N–H and O–H groups in total. The highest BCUT2D eigenvalue weighted by atomic mass is 16.7. The average Bonchev–Trinajstić information content (AvgIpc) is 2.56. The minimum Gasteiger partial charge on any atom is -0.400 e. The van der Waals surface area contributed by atoms with Gasteiger partial charge >= 0.3 is 7.12 Å². The second-order valence-corrected chi connectivity index (χ2v) is 5.82. The molecule has 2 heterocycles. The maximum atomic E-state index is 10.9. The van der Waals surface area contributed by atoms with Crippen LogP contribution in [-0.2, 0) is 9.31 Å². The largest absolute Gasteiger partial charge is 0.487 e. The summed E-state index contributed by atoms with van der Waals surface area (Å²) < 4.78 is 11.7. The van der Waals surface area contributed by atoms with Crippen molar-refractivity contribution < 1.29 is 14.1 Å². The number of hydrogen-bond acceptors (Lipinski definition) is 4. The lowest BCUT2D eigenvalue weighted by Crippen LogP contribution is -2.41. The van der Waals surface area contributed by atoms with Gasteiger partial charge in [-0.3, -0.25) is 9.78 Å². The minimum atomic E-state index is -0.487. The predicted molar refractivity (Wildman–Crippen MR) is 77.9 cm³/mol. The van der Waals surface area contributed by atoms with Crippen molar-refractivity contribution in [3.05, 3.63) is 35.6 Å². The fourth-order valence-electron chi connectivity index (χ4n) is 1.79. The lowest BCUT2D eigenvalue weighted by atomic mass is 9.89. The smallest absolute Gasteiger partial charge is 0.400 e. The van der Waals surface area contributed by atoms with Crippen LogP contribution in [-0.4, -0.2) is 29.2 Å². The number of nitrogens with two attached hydrogens (primary N) is 1. The topological polar surface area (TPSA) is 74.4 Å². The van der Waals surface area contributed by atoms with Gasteiger partial charge in [0.2, 0.25) is 5.91 Å². The van der Waals surface area contributed by atoms with Crippen LogP contribution in [0, 0.1) is 0 Å². The van der Waals surface area contributed by atoms with E-state index in [1.165, 1.54) is 6.20 Å². The van der Waals surface area contributed by atoms with Gasteiger partial charge in [-0.1, -0.05) is 5.98 Å². The van der Waals surface area contributed by atoms with E-state index in [0.29, 0.717) is 11.3 Å². The first-order valence-corrected chi connectivity index (χ1v) is 6.51. The van der Waals surface area contributed by atoms with Gasteiger partial charge in [0.25, 0.3) is 0 Å². The first-order valence-electron chi connectivity index (χ1n) is 6.51. The van der Waals surface area contributed by atoms with E-state index in [2.05, 4.69) is 4.98 Å². The molecule has 0 spiro atoms. The third kappa shape index (κ3) is 2.91. The Morgan fingerprint density at radius 2 is 1.85 bits per heavy atom. The van der Waals surface area contributed by atoms with Gasteiger partial charge < -0.3 is 15.0 Å². The molecule has 1 amide bonds. The van der Waals surface area contributed by atoms with Crippen LogP contribution >= 0.6 is 0 Å². The Morgan fingerprint density at radius 3 is 2.30 bits per heavy atom. The molecule has 0 saturated carbocycles. The number of carbonyl (C=O) groups excluding carboxylic acids is 1. The first-order chi connectivity index (χ1) is 9.21. The lowest BCUT2D eigenvalue weighted by Gasteiger charge is -2.32. The maximum absolute atomic E-state index is 10.9. The molecule has 106 valence electrons. The highest BCUT2D eigenvalue weighted by Gasteiger charge is 2.49. The third-order valence-electron chi connectivity index (χ3n) is 3.77. The van der Waals surface area contributed by atoms with Crippen molar-refractivity contribution in [1.82, 2.24) is 4.98 Å². The molecule has 0 atom stereocenters. The van der Waals surface area contributed by atoms with E-state index in [4.69, 9.17) is 15.0 Å². The van der Waals surface area contributed by atoms with Crippen molar-refractivity contribution >= 4 is 19.1 Å². The molecule has 1 aromatic heterocycles. The zero-order valence-electron chi connectivity index (χ0n) is 12.2. The molecular formula is C14H19BN2O3. The molecule has 1 fully saturated rings. The first kappa shape index (κ1) is 14.7. The monoisotopic (exact) mass is 274 g/mol. The van der Waals surface area contributed by atoms with Crippen LogP contribution in [0.5, 0.6) is 0 Å². The third-order valence-corrected chi connectivity index (χ3v) is 3.77. The number of aromatic nitrogens is 1. The average molecular weight is 274 g/mol. The summed E-state index contributed by atoms with van der Waals surface area (Å²) in [6.07, 6.45) is 3.25. The van der Waals surface area contributed by atoms with E-state index in [1.807, 2.05) is 33.7 Å². The standard InChI is InChI=1S/C14H19BN2O3/c1-13(2)14(3,4)20-15(19-13)8-7-11-6-5-10(9-17-11)12(16)18/h5-9H,1-4H3,(H2,16,18)/b8-7+. The maximum Gasteiger partial charge on any atom is 0.487 e. The van der Waals surface area contributed by atoms with Crippen molar-refractivity contribution in [1.29, 1.82) is 0 Å². The summed E-state index contributed by atoms with van der Waals surface area (Å²) in [6, 6.07) is 3.36. The van der Waals surface area contributed by atoms with Crippen LogP contribution in [0.25, 0.3) is 6.08 Å². The van der Waals surface area contributed by atoms with Gasteiger partial charge in [0.15, 0.2) is 0 Å². The van der Waals surface area contributed by atoms with Crippen LogP contribution in [0.4, 0.5) is 0 Å². The molecular weight excluding hydrogens is 255 g/mol. The van der Waals surface area contributed by atoms with Gasteiger partial charge in [-0.15, -0.1) is 0 Å². The number of amides is 1. The number of hydrogen-bond donors (Lipinski definition) is 1. The molecule has 20 heavy (non-hydrogen) atoms. The van der Waals surface area contributed by atoms with Gasteiger partial charge in [0.1, 0.15) is 0 Å². The zero-order valence-corrected chi connectivity index (χ0v) is 12.2.